The molecule has 2 aromatic rings. The Bertz CT molecular complexity index is 419. The largest absolute Gasteiger partial charge is 0.384 e. The van der Waals surface area contributed by atoms with Gasteiger partial charge in [0.2, 0.25) is 0 Å². The van der Waals surface area contributed by atoms with E-state index in [2.05, 4.69) is 19.9 Å². The third-order valence-corrected chi connectivity index (χ3v) is 2.26. The molecule has 0 aliphatic rings. The van der Waals surface area contributed by atoms with Crippen LogP contribution in [0.15, 0.2) is 41.0 Å². The molecular weight excluding hydrogens is 198 g/mol. The summed E-state index contributed by atoms with van der Waals surface area (Å²) >= 11 is 1.40. The molecule has 0 spiro atoms. The highest BCUT2D eigenvalue weighted by Gasteiger charge is 2.00. The van der Waals surface area contributed by atoms with Crippen molar-refractivity contribution < 1.29 is 0 Å². The van der Waals surface area contributed by atoms with E-state index in [1.807, 2.05) is 0 Å². The van der Waals surface area contributed by atoms with Crippen LogP contribution in [0.4, 0.5) is 5.82 Å². The van der Waals surface area contributed by atoms with E-state index in [4.69, 9.17) is 5.73 Å². The van der Waals surface area contributed by atoms with Gasteiger partial charge in [-0.05, 0) is 11.8 Å². The summed E-state index contributed by atoms with van der Waals surface area (Å²) in [4.78, 5) is 15.9. The number of hydrogen-bond donors (Lipinski definition) is 1. The standard InChI is InChI=1S/C8H7N5S/c9-6-3-7(13-5-12-6)14-8-4-10-1-2-11-8/h1-5H,(H2,9,12,13). The first-order valence-electron chi connectivity index (χ1n) is 3.86. The van der Waals surface area contributed by atoms with Crippen LogP contribution in [0.25, 0.3) is 0 Å². The van der Waals surface area contributed by atoms with Crippen molar-refractivity contribution in [1.29, 1.82) is 0 Å². The van der Waals surface area contributed by atoms with Gasteiger partial charge in [-0.15, -0.1) is 0 Å². The fraction of sp³-hybridized carbons (Fsp3) is 0. The van der Waals surface area contributed by atoms with E-state index < -0.39 is 0 Å². The van der Waals surface area contributed by atoms with E-state index in [1.165, 1.54) is 18.1 Å². The van der Waals surface area contributed by atoms with Gasteiger partial charge in [-0.1, -0.05) is 0 Å². The van der Waals surface area contributed by atoms with Gasteiger partial charge in [0.1, 0.15) is 22.2 Å². The van der Waals surface area contributed by atoms with Crippen molar-refractivity contribution >= 4 is 17.6 Å². The number of nitrogens with two attached hydrogens (primary N) is 1. The van der Waals surface area contributed by atoms with E-state index in [0.717, 1.165) is 10.1 Å². The number of anilines is 1. The van der Waals surface area contributed by atoms with Crippen molar-refractivity contribution in [1.82, 2.24) is 19.9 Å². The lowest BCUT2D eigenvalue weighted by Crippen LogP contribution is -1.91. The molecule has 0 fully saturated rings. The van der Waals surface area contributed by atoms with Gasteiger partial charge >= 0.3 is 0 Å². The maximum Gasteiger partial charge on any atom is 0.127 e. The van der Waals surface area contributed by atoms with Crippen LogP contribution in [-0.4, -0.2) is 19.9 Å². The number of hydrogen-bond acceptors (Lipinski definition) is 6. The third-order valence-electron chi connectivity index (χ3n) is 1.41. The monoisotopic (exact) mass is 205 g/mol. The average Bonchev–Trinajstić information content (AvgIpc) is 2.19. The number of nitrogen functional groups attached to an aromatic ring is 1. The molecule has 2 N–H and O–H groups in total. The molecule has 0 saturated heterocycles. The first-order valence-corrected chi connectivity index (χ1v) is 4.67. The predicted molar refractivity (Wildman–Crippen MR) is 52.6 cm³/mol. The van der Waals surface area contributed by atoms with Crippen LogP contribution >= 0.6 is 11.8 Å². The van der Waals surface area contributed by atoms with Gasteiger partial charge in [-0.2, -0.15) is 0 Å². The summed E-state index contributed by atoms with van der Waals surface area (Å²) in [7, 11) is 0. The van der Waals surface area contributed by atoms with Crippen LogP contribution in [0.1, 0.15) is 0 Å². The molecular formula is C8H7N5S. The first-order chi connectivity index (χ1) is 6.84. The van der Waals surface area contributed by atoms with Crippen molar-refractivity contribution in [3.05, 3.63) is 31.0 Å². The fourth-order valence-corrected chi connectivity index (χ4v) is 1.58. The highest BCUT2D eigenvalue weighted by molar-refractivity contribution is 7.99. The second kappa shape index (κ2) is 4.01. The zero-order valence-electron chi connectivity index (χ0n) is 7.16. The summed E-state index contributed by atoms with van der Waals surface area (Å²) in [6, 6.07) is 1.69. The molecule has 0 radical (unpaired) electrons. The van der Waals surface area contributed by atoms with Gasteiger partial charge in [-0.25, -0.2) is 15.0 Å². The topological polar surface area (TPSA) is 77.6 Å². The van der Waals surface area contributed by atoms with Crippen molar-refractivity contribution in [3.8, 4) is 0 Å². The average molecular weight is 205 g/mol. The van der Waals surface area contributed by atoms with Crippen molar-refractivity contribution in [2.45, 2.75) is 10.1 Å². The molecule has 14 heavy (non-hydrogen) atoms. The smallest absolute Gasteiger partial charge is 0.127 e. The Kier molecular flexibility index (Phi) is 2.55. The Morgan fingerprint density at radius 2 is 2.00 bits per heavy atom. The Balaban J connectivity index is 2.19. The molecule has 0 aromatic carbocycles. The molecule has 2 rings (SSSR count). The summed E-state index contributed by atoms with van der Waals surface area (Å²) in [5.41, 5.74) is 5.51. The van der Waals surface area contributed by atoms with Gasteiger partial charge in [0.15, 0.2) is 0 Å². The van der Waals surface area contributed by atoms with Crippen LogP contribution in [0, 0.1) is 0 Å². The van der Waals surface area contributed by atoms with E-state index in [1.54, 1.807) is 24.7 Å². The minimum atomic E-state index is 0.450. The van der Waals surface area contributed by atoms with E-state index in [-0.39, 0.29) is 0 Å². The Hall–Kier alpha value is -1.69. The molecule has 0 atom stereocenters. The summed E-state index contributed by atoms with van der Waals surface area (Å²) in [5, 5.41) is 1.55. The lowest BCUT2D eigenvalue weighted by atomic mass is 10.6. The third kappa shape index (κ3) is 2.17. The van der Waals surface area contributed by atoms with Gasteiger partial charge in [0.25, 0.3) is 0 Å². The van der Waals surface area contributed by atoms with Gasteiger partial charge < -0.3 is 5.73 Å². The Labute approximate surface area is 84.8 Å². The quantitative estimate of drug-likeness (QED) is 0.737. The van der Waals surface area contributed by atoms with Gasteiger partial charge in [0, 0.05) is 18.5 Å². The zero-order valence-corrected chi connectivity index (χ0v) is 7.98. The maximum absolute atomic E-state index is 5.51. The minimum absolute atomic E-state index is 0.450. The molecule has 70 valence electrons. The molecule has 2 aromatic heterocycles. The molecule has 0 aliphatic carbocycles. The molecule has 0 bridgehead atoms. The first kappa shape index (κ1) is 8.89. The van der Waals surface area contributed by atoms with E-state index in [9.17, 15) is 0 Å². The highest BCUT2D eigenvalue weighted by Crippen LogP contribution is 2.22. The Morgan fingerprint density at radius 1 is 1.07 bits per heavy atom. The number of aromatic nitrogens is 4. The molecule has 2 heterocycles. The van der Waals surface area contributed by atoms with E-state index in [0.29, 0.717) is 5.82 Å². The number of rotatable bonds is 2. The number of nitrogens with zero attached hydrogens (tertiary/aromatic N) is 4. The highest BCUT2D eigenvalue weighted by atomic mass is 32.2. The normalized spacial score (nSPS) is 10.0. The van der Waals surface area contributed by atoms with Gasteiger partial charge in [0.05, 0.1) is 6.20 Å². The molecule has 5 nitrogen and oxygen atoms in total. The second-order valence-corrected chi connectivity index (χ2v) is 3.47. The van der Waals surface area contributed by atoms with Crippen LogP contribution in [0.5, 0.6) is 0 Å². The fourth-order valence-electron chi connectivity index (χ4n) is 0.855. The molecule has 6 heteroatoms. The van der Waals surface area contributed by atoms with Crippen molar-refractivity contribution in [2.75, 3.05) is 5.73 Å². The molecule has 0 unspecified atom stereocenters. The summed E-state index contributed by atoms with van der Waals surface area (Å²) in [6.45, 7) is 0. The maximum atomic E-state index is 5.51. The molecule has 0 amide bonds. The van der Waals surface area contributed by atoms with E-state index >= 15 is 0 Å². The molecule has 0 aliphatic heterocycles. The van der Waals surface area contributed by atoms with Crippen LogP contribution < -0.4 is 5.73 Å². The second-order valence-electron chi connectivity index (χ2n) is 2.43. The lowest BCUT2D eigenvalue weighted by molar-refractivity contribution is 1.02. The Morgan fingerprint density at radius 3 is 2.71 bits per heavy atom. The van der Waals surface area contributed by atoms with Crippen LogP contribution in [0.3, 0.4) is 0 Å². The predicted octanol–water partition coefficient (Wildman–Crippen LogP) is 1.00. The summed E-state index contributed by atoms with van der Waals surface area (Å²) < 4.78 is 0. The lowest BCUT2D eigenvalue weighted by Gasteiger charge is -1.98. The SMILES string of the molecule is Nc1cc(Sc2cnccn2)ncn1. The van der Waals surface area contributed by atoms with Gasteiger partial charge in [-0.3, -0.25) is 4.98 Å². The summed E-state index contributed by atoms with van der Waals surface area (Å²) in [6.07, 6.45) is 6.35. The molecule has 0 saturated carbocycles. The minimum Gasteiger partial charge on any atom is -0.384 e. The van der Waals surface area contributed by atoms with Crippen molar-refractivity contribution in [2.24, 2.45) is 0 Å². The van der Waals surface area contributed by atoms with Crippen LogP contribution in [0.2, 0.25) is 0 Å². The van der Waals surface area contributed by atoms with Crippen LogP contribution in [-0.2, 0) is 0 Å². The van der Waals surface area contributed by atoms with Crippen molar-refractivity contribution in [3.63, 3.8) is 0 Å². The zero-order chi connectivity index (χ0) is 9.80. The summed E-state index contributed by atoms with van der Waals surface area (Å²) in [5.74, 6) is 0.450.